The predicted molar refractivity (Wildman–Crippen MR) is 97.8 cm³/mol. The average molecular weight is 372 g/mol. The first-order chi connectivity index (χ1) is 12.6. The first-order valence-corrected chi connectivity index (χ1v) is 8.40. The number of ether oxygens (including phenoxy) is 1. The summed E-state index contributed by atoms with van der Waals surface area (Å²) in [6, 6.07) is 14.4. The Bertz CT molecular complexity index is 895. The summed E-state index contributed by atoms with van der Waals surface area (Å²) in [6.45, 7) is 1.86. The van der Waals surface area contributed by atoms with Crippen LogP contribution in [0, 0.1) is 0 Å². The lowest BCUT2D eigenvalue weighted by molar-refractivity contribution is -0.122. The van der Waals surface area contributed by atoms with Crippen molar-refractivity contribution >= 4 is 17.5 Å². The van der Waals surface area contributed by atoms with Gasteiger partial charge in [0.1, 0.15) is 12.3 Å². The van der Waals surface area contributed by atoms with Crippen LogP contribution in [0.25, 0.3) is 11.4 Å². The van der Waals surface area contributed by atoms with Crippen molar-refractivity contribution in [1.82, 2.24) is 25.5 Å². The highest BCUT2D eigenvalue weighted by atomic mass is 35.5. The van der Waals surface area contributed by atoms with Gasteiger partial charge in [0.25, 0.3) is 0 Å². The molecule has 1 unspecified atom stereocenters. The van der Waals surface area contributed by atoms with Crippen LogP contribution in [0.3, 0.4) is 0 Å². The van der Waals surface area contributed by atoms with Gasteiger partial charge in [-0.25, -0.2) is 0 Å². The molecule has 0 aliphatic heterocycles. The van der Waals surface area contributed by atoms with Gasteiger partial charge in [-0.15, -0.1) is 10.2 Å². The first kappa shape index (κ1) is 17.9. The van der Waals surface area contributed by atoms with E-state index >= 15 is 0 Å². The molecular weight excluding hydrogens is 354 g/mol. The van der Waals surface area contributed by atoms with Crippen LogP contribution in [-0.2, 0) is 11.3 Å². The minimum atomic E-state index is -0.219. The van der Waals surface area contributed by atoms with Crippen molar-refractivity contribution in [3.05, 3.63) is 59.1 Å². The summed E-state index contributed by atoms with van der Waals surface area (Å²) in [4.78, 5) is 13.5. The van der Waals surface area contributed by atoms with Gasteiger partial charge in [0.2, 0.25) is 11.7 Å². The molecule has 2 aromatic carbocycles. The lowest BCUT2D eigenvalue weighted by Gasteiger charge is -2.16. The van der Waals surface area contributed by atoms with E-state index in [-0.39, 0.29) is 18.5 Å². The molecule has 0 fully saturated rings. The van der Waals surface area contributed by atoms with Gasteiger partial charge >= 0.3 is 0 Å². The van der Waals surface area contributed by atoms with Gasteiger partial charge in [-0.1, -0.05) is 29.8 Å². The molecule has 1 amide bonds. The molecule has 1 N–H and O–H groups in total. The molecule has 1 atom stereocenters. The van der Waals surface area contributed by atoms with E-state index in [1.165, 1.54) is 4.80 Å². The summed E-state index contributed by atoms with van der Waals surface area (Å²) < 4.78 is 5.33. The highest BCUT2D eigenvalue weighted by Crippen LogP contribution is 2.24. The van der Waals surface area contributed by atoms with Crippen molar-refractivity contribution in [1.29, 1.82) is 0 Å². The number of tetrazole rings is 1. The Morgan fingerprint density at radius 1 is 1.23 bits per heavy atom. The van der Waals surface area contributed by atoms with Gasteiger partial charge in [-0.05, 0) is 42.5 Å². The Kier molecular flexibility index (Phi) is 5.48. The summed E-state index contributed by atoms with van der Waals surface area (Å²) >= 11 is 5.87. The van der Waals surface area contributed by atoms with E-state index in [2.05, 4.69) is 20.7 Å². The Hall–Kier alpha value is -2.93. The van der Waals surface area contributed by atoms with Crippen LogP contribution in [0.1, 0.15) is 18.5 Å². The summed E-state index contributed by atoms with van der Waals surface area (Å²) in [5.74, 6) is 0.944. The fourth-order valence-corrected chi connectivity index (χ4v) is 2.67. The van der Waals surface area contributed by atoms with Crippen molar-refractivity contribution < 1.29 is 9.53 Å². The van der Waals surface area contributed by atoms with Gasteiger partial charge in [0.05, 0.1) is 13.2 Å². The number of nitrogens with one attached hydrogen (secondary N) is 1. The molecule has 134 valence electrons. The molecule has 0 aliphatic rings. The van der Waals surface area contributed by atoms with Crippen LogP contribution in [0.5, 0.6) is 5.75 Å². The van der Waals surface area contributed by atoms with E-state index in [0.717, 1.165) is 16.9 Å². The maximum atomic E-state index is 12.3. The molecule has 0 radical (unpaired) electrons. The van der Waals surface area contributed by atoms with Gasteiger partial charge in [-0.3, -0.25) is 4.79 Å². The number of rotatable bonds is 6. The topological polar surface area (TPSA) is 81.9 Å². The number of amides is 1. The fraction of sp³-hybridized carbons (Fsp3) is 0.222. The summed E-state index contributed by atoms with van der Waals surface area (Å²) in [5.41, 5.74) is 1.68. The maximum absolute atomic E-state index is 12.3. The van der Waals surface area contributed by atoms with Crippen LogP contribution < -0.4 is 10.1 Å². The second-order valence-electron chi connectivity index (χ2n) is 5.68. The average Bonchev–Trinajstić information content (AvgIpc) is 3.10. The molecule has 0 aliphatic carbocycles. The molecule has 0 saturated carbocycles. The maximum Gasteiger partial charge on any atom is 0.244 e. The fourth-order valence-electron chi connectivity index (χ4n) is 2.54. The Morgan fingerprint density at radius 2 is 1.96 bits per heavy atom. The zero-order chi connectivity index (χ0) is 18.5. The SMILES string of the molecule is COc1ccccc1C(C)NC(=O)Cn1nnc(-c2ccc(Cl)cc2)n1. The third-order valence-electron chi connectivity index (χ3n) is 3.82. The van der Waals surface area contributed by atoms with Crippen LogP contribution >= 0.6 is 11.6 Å². The van der Waals surface area contributed by atoms with Crippen LogP contribution in [0.4, 0.5) is 0 Å². The van der Waals surface area contributed by atoms with E-state index < -0.39 is 0 Å². The number of halogens is 1. The minimum absolute atomic E-state index is 0.0277. The summed E-state index contributed by atoms with van der Waals surface area (Å²) in [6.07, 6.45) is 0. The zero-order valence-electron chi connectivity index (χ0n) is 14.4. The molecule has 3 aromatic rings. The number of hydrogen-bond donors (Lipinski definition) is 1. The molecule has 0 bridgehead atoms. The van der Waals surface area contributed by atoms with Gasteiger partial charge < -0.3 is 10.1 Å². The van der Waals surface area contributed by atoms with Crippen molar-refractivity contribution in [2.75, 3.05) is 7.11 Å². The number of methoxy groups -OCH3 is 1. The standard InChI is InChI=1S/C18H18ClN5O2/c1-12(15-5-3-4-6-16(15)26-2)20-17(25)11-24-22-18(21-23-24)13-7-9-14(19)10-8-13/h3-10,12H,11H2,1-2H3,(H,20,25). The molecule has 1 aromatic heterocycles. The summed E-state index contributed by atoms with van der Waals surface area (Å²) in [7, 11) is 1.60. The number of nitrogens with zero attached hydrogens (tertiary/aromatic N) is 4. The second kappa shape index (κ2) is 7.97. The third-order valence-corrected chi connectivity index (χ3v) is 4.08. The number of carbonyl (C=O) groups is 1. The molecule has 8 heteroatoms. The Morgan fingerprint density at radius 3 is 2.69 bits per heavy atom. The van der Waals surface area contributed by atoms with E-state index in [1.807, 2.05) is 31.2 Å². The molecule has 7 nitrogen and oxygen atoms in total. The van der Waals surface area contributed by atoms with E-state index in [9.17, 15) is 4.79 Å². The second-order valence-corrected chi connectivity index (χ2v) is 6.12. The van der Waals surface area contributed by atoms with Crippen molar-refractivity contribution in [3.63, 3.8) is 0 Å². The quantitative estimate of drug-likeness (QED) is 0.720. The number of benzene rings is 2. The van der Waals surface area contributed by atoms with Crippen molar-refractivity contribution in [3.8, 4) is 17.1 Å². The Labute approximate surface area is 155 Å². The van der Waals surface area contributed by atoms with E-state index in [4.69, 9.17) is 16.3 Å². The Balaban J connectivity index is 1.64. The van der Waals surface area contributed by atoms with Crippen LogP contribution in [0.15, 0.2) is 48.5 Å². The molecule has 26 heavy (non-hydrogen) atoms. The monoisotopic (exact) mass is 371 g/mol. The van der Waals surface area contributed by atoms with Crippen molar-refractivity contribution in [2.45, 2.75) is 19.5 Å². The highest BCUT2D eigenvalue weighted by Gasteiger charge is 2.15. The largest absolute Gasteiger partial charge is 0.496 e. The molecule has 3 rings (SSSR count). The lowest BCUT2D eigenvalue weighted by Crippen LogP contribution is -2.31. The van der Waals surface area contributed by atoms with E-state index in [1.54, 1.807) is 31.4 Å². The minimum Gasteiger partial charge on any atom is -0.496 e. The lowest BCUT2D eigenvalue weighted by atomic mass is 10.1. The smallest absolute Gasteiger partial charge is 0.244 e. The predicted octanol–water partition coefficient (Wildman–Crippen LogP) is 2.88. The van der Waals surface area contributed by atoms with Crippen LogP contribution in [0.2, 0.25) is 5.02 Å². The normalized spacial score (nSPS) is 11.8. The van der Waals surface area contributed by atoms with Crippen LogP contribution in [-0.4, -0.2) is 33.2 Å². The number of carbonyl (C=O) groups excluding carboxylic acids is 1. The third kappa shape index (κ3) is 4.18. The molecular formula is C18H18ClN5O2. The first-order valence-electron chi connectivity index (χ1n) is 8.03. The molecule has 1 heterocycles. The number of para-hydroxylation sites is 1. The zero-order valence-corrected chi connectivity index (χ0v) is 15.1. The van der Waals surface area contributed by atoms with Gasteiger partial charge in [-0.2, -0.15) is 4.80 Å². The highest BCUT2D eigenvalue weighted by molar-refractivity contribution is 6.30. The molecule has 0 saturated heterocycles. The van der Waals surface area contributed by atoms with E-state index in [0.29, 0.717) is 10.8 Å². The number of hydrogen-bond acceptors (Lipinski definition) is 5. The van der Waals surface area contributed by atoms with Gasteiger partial charge in [0.15, 0.2) is 0 Å². The summed E-state index contributed by atoms with van der Waals surface area (Å²) in [5, 5.41) is 15.7. The van der Waals surface area contributed by atoms with Crippen molar-refractivity contribution in [2.24, 2.45) is 0 Å². The molecule has 0 spiro atoms. The van der Waals surface area contributed by atoms with Gasteiger partial charge in [0, 0.05) is 16.1 Å². The number of aromatic nitrogens is 4.